The Balaban J connectivity index is 2.58. The van der Waals surface area contributed by atoms with E-state index in [0.717, 1.165) is 4.90 Å². The SMILES string of the molecule is CSc1ccc(-c2cc([N+](=O)[O-])ccc2C(=O)O)cc1. The number of hydrogen-bond donors (Lipinski definition) is 1. The van der Waals surface area contributed by atoms with Gasteiger partial charge in [0.15, 0.2) is 0 Å². The maximum absolute atomic E-state index is 11.2. The first-order chi connectivity index (χ1) is 9.52. The van der Waals surface area contributed by atoms with Crippen molar-refractivity contribution in [1.82, 2.24) is 0 Å². The van der Waals surface area contributed by atoms with Crippen molar-refractivity contribution in [1.29, 1.82) is 0 Å². The minimum atomic E-state index is -1.11. The number of nitro benzene ring substituents is 1. The molecule has 2 aromatic rings. The fraction of sp³-hybridized carbons (Fsp3) is 0.0714. The molecule has 0 amide bonds. The Morgan fingerprint density at radius 2 is 1.85 bits per heavy atom. The van der Waals surface area contributed by atoms with E-state index in [1.54, 1.807) is 23.9 Å². The molecule has 1 N–H and O–H groups in total. The average molecular weight is 289 g/mol. The molecule has 0 aliphatic heterocycles. The topological polar surface area (TPSA) is 80.4 Å². The molecule has 0 atom stereocenters. The zero-order valence-electron chi connectivity index (χ0n) is 10.6. The molecule has 0 aliphatic carbocycles. The first kappa shape index (κ1) is 14.1. The van der Waals surface area contributed by atoms with Gasteiger partial charge in [-0.25, -0.2) is 4.79 Å². The van der Waals surface area contributed by atoms with E-state index < -0.39 is 10.9 Å². The summed E-state index contributed by atoms with van der Waals surface area (Å²) in [5, 5.41) is 20.0. The van der Waals surface area contributed by atoms with E-state index in [0.29, 0.717) is 11.1 Å². The fourth-order valence-corrected chi connectivity index (χ4v) is 2.25. The molecule has 0 heterocycles. The molecule has 6 heteroatoms. The molecule has 0 unspecified atom stereocenters. The first-order valence-electron chi connectivity index (χ1n) is 5.69. The van der Waals surface area contributed by atoms with Crippen LogP contribution in [0.25, 0.3) is 11.1 Å². The van der Waals surface area contributed by atoms with Crippen molar-refractivity contribution in [3.8, 4) is 11.1 Å². The second kappa shape index (κ2) is 5.75. The molecule has 0 spiro atoms. The second-order valence-electron chi connectivity index (χ2n) is 4.02. The lowest BCUT2D eigenvalue weighted by atomic mass is 9.99. The van der Waals surface area contributed by atoms with Gasteiger partial charge < -0.3 is 5.11 Å². The van der Waals surface area contributed by atoms with Crippen LogP contribution in [0.3, 0.4) is 0 Å². The number of carbonyl (C=O) groups is 1. The molecule has 20 heavy (non-hydrogen) atoms. The van der Waals surface area contributed by atoms with Crippen LogP contribution in [-0.2, 0) is 0 Å². The largest absolute Gasteiger partial charge is 0.478 e. The summed E-state index contributed by atoms with van der Waals surface area (Å²) in [5.41, 5.74) is 0.912. The summed E-state index contributed by atoms with van der Waals surface area (Å²) in [7, 11) is 0. The number of thioether (sulfide) groups is 1. The van der Waals surface area contributed by atoms with Crippen LogP contribution in [0.4, 0.5) is 5.69 Å². The third kappa shape index (κ3) is 2.80. The molecule has 0 bridgehead atoms. The van der Waals surface area contributed by atoms with Gasteiger partial charge in [0.05, 0.1) is 10.5 Å². The van der Waals surface area contributed by atoms with Gasteiger partial charge in [0, 0.05) is 22.6 Å². The van der Waals surface area contributed by atoms with E-state index in [1.165, 1.54) is 18.2 Å². The molecule has 0 aromatic heterocycles. The van der Waals surface area contributed by atoms with Crippen LogP contribution < -0.4 is 0 Å². The Morgan fingerprint density at radius 3 is 2.35 bits per heavy atom. The molecule has 102 valence electrons. The summed E-state index contributed by atoms with van der Waals surface area (Å²) in [5.74, 6) is -1.11. The zero-order valence-corrected chi connectivity index (χ0v) is 11.4. The number of nitro groups is 1. The highest BCUT2D eigenvalue weighted by atomic mass is 32.2. The molecule has 2 aromatic carbocycles. The highest BCUT2D eigenvalue weighted by molar-refractivity contribution is 7.98. The lowest BCUT2D eigenvalue weighted by Crippen LogP contribution is -2.00. The van der Waals surface area contributed by atoms with Gasteiger partial charge in [-0.15, -0.1) is 11.8 Å². The van der Waals surface area contributed by atoms with Crippen molar-refractivity contribution in [2.24, 2.45) is 0 Å². The quantitative estimate of drug-likeness (QED) is 0.527. The van der Waals surface area contributed by atoms with E-state index in [9.17, 15) is 20.0 Å². The lowest BCUT2D eigenvalue weighted by Gasteiger charge is -2.07. The number of carboxylic acid groups (broad SMARTS) is 1. The van der Waals surface area contributed by atoms with Gasteiger partial charge in [-0.3, -0.25) is 10.1 Å². The van der Waals surface area contributed by atoms with Gasteiger partial charge in [0.2, 0.25) is 0 Å². The van der Waals surface area contributed by atoms with Gasteiger partial charge in [0.1, 0.15) is 0 Å². The second-order valence-corrected chi connectivity index (χ2v) is 4.90. The smallest absolute Gasteiger partial charge is 0.336 e. The first-order valence-corrected chi connectivity index (χ1v) is 6.91. The van der Waals surface area contributed by atoms with E-state index in [4.69, 9.17) is 0 Å². The van der Waals surface area contributed by atoms with Crippen LogP contribution in [0, 0.1) is 10.1 Å². The number of rotatable bonds is 4. The van der Waals surface area contributed by atoms with Crippen LogP contribution >= 0.6 is 11.8 Å². The predicted molar refractivity (Wildman–Crippen MR) is 77.3 cm³/mol. The van der Waals surface area contributed by atoms with Crippen LogP contribution in [0.1, 0.15) is 10.4 Å². The maximum atomic E-state index is 11.2. The minimum Gasteiger partial charge on any atom is -0.478 e. The van der Waals surface area contributed by atoms with E-state index >= 15 is 0 Å². The Labute approximate surface area is 119 Å². The van der Waals surface area contributed by atoms with Crippen LogP contribution in [0.5, 0.6) is 0 Å². The van der Waals surface area contributed by atoms with Gasteiger partial charge in [-0.1, -0.05) is 12.1 Å². The Kier molecular flexibility index (Phi) is 4.05. The molecular weight excluding hydrogens is 278 g/mol. The summed E-state index contributed by atoms with van der Waals surface area (Å²) in [4.78, 5) is 22.5. The fourth-order valence-electron chi connectivity index (χ4n) is 1.84. The molecule has 0 saturated carbocycles. The average Bonchev–Trinajstić information content (AvgIpc) is 2.46. The van der Waals surface area contributed by atoms with E-state index in [-0.39, 0.29) is 11.3 Å². The number of nitrogens with zero attached hydrogens (tertiary/aromatic N) is 1. The van der Waals surface area contributed by atoms with Gasteiger partial charge in [0.25, 0.3) is 5.69 Å². The van der Waals surface area contributed by atoms with Gasteiger partial charge >= 0.3 is 5.97 Å². The molecule has 0 saturated heterocycles. The number of benzene rings is 2. The monoisotopic (exact) mass is 289 g/mol. The van der Waals surface area contributed by atoms with Crippen molar-refractivity contribution < 1.29 is 14.8 Å². The number of hydrogen-bond acceptors (Lipinski definition) is 4. The van der Waals surface area contributed by atoms with Crippen molar-refractivity contribution in [3.63, 3.8) is 0 Å². The molecule has 2 rings (SSSR count). The van der Waals surface area contributed by atoms with Crippen molar-refractivity contribution in [2.45, 2.75) is 4.90 Å². The van der Waals surface area contributed by atoms with E-state index in [1.807, 2.05) is 18.4 Å². The van der Waals surface area contributed by atoms with Gasteiger partial charge in [-0.05, 0) is 30.0 Å². The Bertz CT molecular complexity index is 667. The van der Waals surface area contributed by atoms with Crippen LogP contribution in [-0.4, -0.2) is 22.3 Å². The summed E-state index contributed by atoms with van der Waals surface area (Å²) in [6.07, 6.45) is 1.94. The number of carboxylic acids is 1. The third-order valence-corrected chi connectivity index (χ3v) is 3.59. The maximum Gasteiger partial charge on any atom is 0.336 e. The van der Waals surface area contributed by atoms with Crippen LogP contribution in [0.15, 0.2) is 47.4 Å². The summed E-state index contributed by atoms with van der Waals surface area (Å²) < 4.78 is 0. The third-order valence-electron chi connectivity index (χ3n) is 2.85. The van der Waals surface area contributed by atoms with Crippen LogP contribution in [0.2, 0.25) is 0 Å². The number of non-ortho nitro benzene ring substituents is 1. The standard InChI is InChI=1S/C14H11NO4S/c1-20-11-5-2-9(3-6-11)13-8-10(15(18)19)4-7-12(13)14(16)17/h2-8H,1H3,(H,16,17). The molecule has 0 fully saturated rings. The summed E-state index contributed by atoms with van der Waals surface area (Å²) in [6, 6.07) is 11.0. The predicted octanol–water partition coefficient (Wildman–Crippen LogP) is 3.68. The lowest BCUT2D eigenvalue weighted by molar-refractivity contribution is -0.384. The van der Waals surface area contributed by atoms with E-state index in [2.05, 4.69) is 0 Å². The van der Waals surface area contributed by atoms with Crippen molar-refractivity contribution in [2.75, 3.05) is 6.26 Å². The zero-order chi connectivity index (χ0) is 14.7. The molecule has 0 aliphatic rings. The molecule has 0 radical (unpaired) electrons. The Hall–Kier alpha value is -2.34. The summed E-state index contributed by atoms with van der Waals surface area (Å²) >= 11 is 1.57. The number of aromatic carboxylic acids is 1. The van der Waals surface area contributed by atoms with Gasteiger partial charge in [-0.2, -0.15) is 0 Å². The Morgan fingerprint density at radius 1 is 1.20 bits per heavy atom. The minimum absolute atomic E-state index is 0.0486. The van der Waals surface area contributed by atoms with Crippen molar-refractivity contribution >= 4 is 23.4 Å². The van der Waals surface area contributed by atoms with Crippen molar-refractivity contribution in [3.05, 3.63) is 58.1 Å². The highest BCUT2D eigenvalue weighted by Gasteiger charge is 2.16. The highest BCUT2D eigenvalue weighted by Crippen LogP contribution is 2.29. The molecule has 5 nitrogen and oxygen atoms in total. The molecular formula is C14H11NO4S. The normalized spacial score (nSPS) is 10.2. The summed E-state index contributed by atoms with van der Waals surface area (Å²) in [6.45, 7) is 0.